The molecule has 2 atom stereocenters. The van der Waals surface area contributed by atoms with Gasteiger partial charge in [-0.3, -0.25) is 4.79 Å². The van der Waals surface area contributed by atoms with Gasteiger partial charge in [-0.2, -0.15) is 0 Å². The summed E-state index contributed by atoms with van der Waals surface area (Å²) in [5.41, 5.74) is 3.15. The van der Waals surface area contributed by atoms with Crippen LogP contribution in [0.25, 0.3) is 11.0 Å². The number of thioether (sulfide) groups is 1. The number of carbonyl (C=O) groups is 1. The summed E-state index contributed by atoms with van der Waals surface area (Å²) in [7, 11) is 5.59. The lowest BCUT2D eigenvalue weighted by Gasteiger charge is -2.36. The predicted octanol–water partition coefficient (Wildman–Crippen LogP) is 4.20. The molecule has 6 heteroatoms. The smallest absolute Gasteiger partial charge is 0.290 e. The Labute approximate surface area is 181 Å². The van der Waals surface area contributed by atoms with E-state index in [0.717, 1.165) is 23.4 Å². The van der Waals surface area contributed by atoms with Crippen LogP contribution in [0.4, 0.5) is 0 Å². The average molecular weight is 423 g/mol. The van der Waals surface area contributed by atoms with E-state index in [-0.39, 0.29) is 23.0 Å². The third-order valence-corrected chi connectivity index (χ3v) is 6.96. The maximum Gasteiger partial charge on any atom is 0.290 e. The van der Waals surface area contributed by atoms with Gasteiger partial charge in [-0.25, -0.2) is 0 Å². The molecule has 1 amide bonds. The lowest BCUT2D eigenvalue weighted by molar-refractivity contribution is -0.131. The van der Waals surface area contributed by atoms with Crippen LogP contribution in [-0.2, 0) is 4.79 Å². The monoisotopic (exact) mass is 422 g/mol. The first-order chi connectivity index (χ1) is 14.5. The molecule has 0 saturated heterocycles. The molecule has 1 aliphatic carbocycles. The molecule has 30 heavy (non-hydrogen) atoms. The third-order valence-electron chi connectivity index (χ3n) is 5.51. The zero-order chi connectivity index (χ0) is 21.3. The van der Waals surface area contributed by atoms with Crippen molar-refractivity contribution in [3.05, 3.63) is 77.1 Å². The van der Waals surface area contributed by atoms with E-state index in [9.17, 15) is 9.90 Å². The summed E-state index contributed by atoms with van der Waals surface area (Å²) in [5.74, 6) is 0.219. The zero-order valence-corrected chi connectivity index (χ0v) is 18.2. The summed E-state index contributed by atoms with van der Waals surface area (Å²) in [4.78, 5) is 17.8. The molecule has 0 spiro atoms. The van der Waals surface area contributed by atoms with Crippen LogP contribution in [0.15, 0.2) is 60.4 Å². The molecule has 0 bridgehead atoms. The van der Waals surface area contributed by atoms with E-state index in [1.165, 1.54) is 5.56 Å². The van der Waals surface area contributed by atoms with Crippen LogP contribution in [0.1, 0.15) is 21.9 Å². The van der Waals surface area contributed by atoms with Gasteiger partial charge in [0.25, 0.3) is 5.91 Å². The van der Waals surface area contributed by atoms with Gasteiger partial charge in [-0.15, -0.1) is 11.8 Å². The Hall–Kier alpha value is -2.70. The molecule has 0 radical (unpaired) electrons. The molecule has 156 valence electrons. The zero-order valence-electron chi connectivity index (χ0n) is 17.4. The van der Waals surface area contributed by atoms with Crippen molar-refractivity contribution in [3.63, 3.8) is 0 Å². The first-order valence-corrected chi connectivity index (χ1v) is 10.8. The minimum absolute atomic E-state index is 0.000867. The van der Waals surface area contributed by atoms with Gasteiger partial charge >= 0.3 is 0 Å². The second kappa shape index (κ2) is 8.58. The molecule has 0 fully saturated rings. The number of methoxy groups -OCH3 is 1. The first-order valence-electron chi connectivity index (χ1n) is 9.96. The highest BCUT2D eigenvalue weighted by Crippen LogP contribution is 2.50. The van der Waals surface area contributed by atoms with Gasteiger partial charge in [-0.05, 0) is 42.9 Å². The molecule has 2 unspecified atom stereocenters. The van der Waals surface area contributed by atoms with Crippen molar-refractivity contribution in [2.45, 2.75) is 11.3 Å². The van der Waals surface area contributed by atoms with Gasteiger partial charge in [-0.1, -0.05) is 48.6 Å². The van der Waals surface area contributed by atoms with Gasteiger partial charge in [0.05, 0.1) is 23.3 Å². The maximum absolute atomic E-state index is 13.4. The van der Waals surface area contributed by atoms with Crippen LogP contribution < -0.4 is 4.74 Å². The van der Waals surface area contributed by atoms with Crippen LogP contribution in [0.3, 0.4) is 0 Å². The second-order valence-electron chi connectivity index (χ2n) is 7.73. The molecule has 1 N–H and O–H groups in total. The van der Waals surface area contributed by atoms with E-state index < -0.39 is 0 Å². The fraction of sp³-hybridized carbons (Fsp3) is 0.292. The standard InChI is InChI=1S/C24H26N2O3S/c1-25(2)14-15-26-20-13-10-16-6-4-5-7-19(16)23(20)30-22(21(27)24(26)28)17-8-11-18(29-3)12-9-17/h4-13,20,23,27H,14-15H2,1-3H3. The number of carbonyl (C=O) groups excluding carboxylic acids is 1. The topological polar surface area (TPSA) is 53.0 Å². The molecule has 5 nitrogen and oxygen atoms in total. The number of aliphatic hydroxyl groups excluding tert-OH is 1. The number of hydrogen-bond donors (Lipinski definition) is 1. The quantitative estimate of drug-likeness (QED) is 0.783. The Morgan fingerprint density at radius 2 is 1.87 bits per heavy atom. The summed E-state index contributed by atoms with van der Waals surface area (Å²) in [6.07, 6.45) is 4.18. The summed E-state index contributed by atoms with van der Waals surface area (Å²) in [5, 5.41) is 11.0. The number of rotatable bonds is 5. The van der Waals surface area contributed by atoms with E-state index in [2.05, 4.69) is 24.3 Å². The normalized spacial score (nSPS) is 20.8. The van der Waals surface area contributed by atoms with Gasteiger partial charge in [0.2, 0.25) is 0 Å². The highest BCUT2D eigenvalue weighted by molar-refractivity contribution is 8.08. The number of aliphatic hydroxyl groups is 1. The molecule has 0 saturated carbocycles. The number of likely N-dealkylation sites (N-methyl/N-ethyl adjacent to an activating group) is 1. The Kier molecular flexibility index (Phi) is 5.88. The third kappa shape index (κ3) is 3.85. The summed E-state index contributed by atoms with van der Waals surface area (Å²) in [6.45, 7) is 1.26. The number of fused-ring (bicyclic) bond motifs is 3. The molecule has 2 aromatic carbocycles. The van der Waals surface area contributed by atoms with Crippen LogP contribution >= 0.6 is 11.8 Å². The van der Waals surface area contributed by atoms with Crippen LogP contribution in [-0.4, -0.2) is 61.2 Å². The number of amides is 1. The lowest BCUT2D eigenvalue weighted by atomic mass is 9.92. The van der Waals surface area contributed by atoms with Crippen molar-refractivity contribution >= 4 is 28.7 Å². The highest BCUT2D eigenvalue weighted by atomic mass is 32.2. The molecule has 2 aliphatic rings. The molecule has 0 aromatic heterocycles. The van der Waals surface area contributed by atoms with Crippen molar-refractivity contribution < 1.29 is 14.6 Å². The summed E-state index contributed by atoms with van der Waals surface area (Å²) >= 11 is 1.56. The first kappa shape index (κ1) is 20.6. The van der Waals surface area contributed by atoms with Crippen molar-refractivity contribution in [1.29, 1.82) is 0 Å². The van der Waals surface area contributed by atoms with Crippen molar-refractivity contribution in [2.24, 2.45) is 0 Å². The summed E-state index contributed by atoms with van der Waals surface area (Å²) in [6, 6.07) is 15.6. The molecular weight excluding hydrogens is 396 g/mol. The number of benzene rings is 2. The Morgan fingerprint density at radius 3 is 2.57 bits per heavy atom. The van der Waals surface area contributed by atoms with Gasteiger partial charge < -0.3 is 19.6 Å². The number of hydrogen-bond acceptors (Lipinski definition) is 5. The predicted molar refractivity (Wildman–Crippen MR) is 122 cm³/mol. The van der Waals surface area contributed by atoms with E-state index >= 15 is 0 Å². The minimum atomic E-state index is -0.327. The van der Waals surface area contributed by atoms with Crippen molar-refractivity contribution in [2.75, 3.05) is 34.3 Å². The van der Waals surface area contributed by atoms with Gasteiger partial charge in [0.15, 0.2) is 5.76 Å². The van der Waals surface area contributed by atoms with E-state index in [4.69, 9.17) is 4.74 Å². The lowest BCUT2D eigenvalue weighted by Crippen LogP contribution is -2.45. The Balaban J connectivity index is 1.80. The van der Waals surface area contributed by atoms with Gasteiger partial charge in [0, 0.05) is 13.1 Å². The molecule has 2 aromatic rings. The van der Waals surface area contributed by atoms with Crippen molar-refractivity contribution in [3.8, 4) is 5.75 Å². The summed E-state index contributed by atoms with van der Waals surface area (Å²) < 4.78 is 5.26. The number of ether oxygens (including phenoxy) is 1. The fourth-order valence-electron chi connectivity index (χ4n) is 3.87. The highest BCUT2D eigenvalue weighted by Gasteiger charge is 2.40. The van der Waals surface area contributed by atoms with Crippen LogP contribution in [0.5, 0.6) is 5.75 Å². The Morgan fingerprint density at radius 1 is 1.13 bits per heavy atom. The van der Waals surface area contributed by atoms with E-state index in [1.807, 2.05) is 55.4 Å². The fourth-order valence-corrected chi connectivity index (χ4v) is 5.31. The molecule has 1 aliphatic heterocycles. The SMILES string of the molecule is COc1ccc(C2=C(O)C(=O)N(CCN(C)C)C3C=Cc4ccccc4C3S2)cc1. The molecular formula is C24H26N2O3S. The average Bonchev–Trinajstić information content (AvgIpc) is 2.87. The largest absolute Gasteiger partial charge is 0.502 e. The minimum Gasteiger partial charge on any atom is -0.502 e. The maximum atomic E-state index is 13.4. The molecule has 4 rings (SSSR count). The Bertz CT molecular complexity index is 998. The van der Waals surface area contributed by atoms with E-state index in [0.29, 0.717) is 11.4 Å². The van der Waals surface area contributed by atoms with Gasteiger partial charge in [0.1, 0.15) is 5.75 Å². The van der Waals surface area contributed by atoms with Crippen LogP contribution in [0.2, 0.25) is 0 Å². The molecule has 1 heterocycles. The van der Waals surface area contributed by atoms with Crippen molar-refractivity contribution in [1.82, 2.24) is 9.80 Å². The van der Waals surface area contributed by atoms with E-state index in [1.54, 1.807) is 23.8 Å². The second-order valence-corrected chi connectivity index (χ2v) is 8.88. The van der Waals surface area contributed by atoms with Crippen LogP contribution in [0, 0.1) is 0 Å². The number of nitrogens with zero attached hydrogens (tertiary/aromatic N) is 2.